The highest BCUT2D eigenvalue weighted by Crippen LogP contribution is 2.26. The molecular weight excluding hydrogens is 536 g/mol. The number of para-hydroxylation sites is 1. The molecule has 1 N–H and O–H groups in total. The third-order valence-corrected chi connectivity index (χ3v) is 6.80. The summed E-state index contributed by atoms with van der Waals surface area (Å²) < 4.78 is 27.3. The molecule has 9 nitrogen and oxygen atoms in total. The van der Waals surface area contributed by atoms with Gasteiger partial charge in [-0.1, -0.05) is 49.1 Å². The van der Waals surface area contributed by atoms with E-state index >= 15 is 0 Å². The van der Waals surface area contributed by atoms with Crippen LogP contribution in [0.15, 0.2) is 48.5 Å². The van der Waals surface area contributed by atoms with Crippen LogP contribution >= 0.6 is 0 Å². The molecule has 0 aromatic heterocycles. The average Bonchev–Trinajstić information content (AvgIpc) is 3.01. The van der Waals surface area contributed by atoms with Gasteiger partial charge in [-0.3, -0.25) is 9.59 Å². The summed E-state index contributed by atoms with van der Waals surface area (Å²) in [6.07, 6.45) is 2.33. The monoisotopic (exact) mass is 582 g/mol. The highest BCUT2D eigenvalue weighted by Gasteiger charge is 2.21. The highest BCUT2D eigenvalue weighted by atomic mass is 16.6. The predicted octanol–water partition coefficient (Wildman–Crippen LogP) is 3.96. The van der Waals surface area contributed by atoms with E-state index in [-0.39, 0.29) is 32.2 Å². The van der Waals surface area contributed by atoms with Crippen LogP contribution in [0.1, 0.15) is 50.7 Å². The van der Waals surface area contributed by atoms with Gasteiger partial charge < -0.3 is 33.9 Å². The fourth-order valence-corrected chi connectivity index (χ4v) is 4.38. The molecule has 3 rings (SSSR count). The summed E-state index contributed by atoms with van der Waals surface area (Å²) >= 11 is 0. The number of carbonyl (C=O) groups is 2. The van der Waals surface area contributed by atoms with Crippen LogP contribution < -0.4 is 10.2 Å². The van der Waals surface area contributed by atoms with E-state index in [1.54, 1.807) is 12.0 Å². The van der Waals surface area contributed by atoms with Gasteiger partial charge in [-0.2, -0.15) is 0 Å². The molecule has 1 atom stereocenters. The molecule has 9 heteroatoms. The average molecular weight is 583 g/mol. The first kappa shape index (κ1) is 33.2. The zero-order valence-corrected chi connectivity index (χ0v) is 24.9. The Labute approximate surface area is 251 Å². The van der Waals surface area contributed by atoms with Crippen LogP contribution in [-0.2, 0) is 39.8 Å². The first-order valence-electron chi connectivity index (χ1n) is 14.7. The number of rotatable bonds is 20. The molecule has 2 aromatic rings. The zero-order valence-electron chi connectivity index (χ0n) is 24.9. The summed E-state index contributed by atoms with van der Waals surface area (Å²) in [5.74, 6) is 6.10. The van der Waals surface area contributed by atoms with Crippen molar-refractivity contribution in [2.24, 2.45) is 0 Å². The van der Waals surface area contributed by atoms with Gasteiger partial charge >= 0.3 is 0 Å². The van der Waals surface area contributed by atoms with Gasteiger partial charge in [0.25, 0.3) is 0 Å². The molecule has 0 saturated carbocycles. The molecule has 0 radical (unpaired) electrons. The Morgan fingerprint density at radius 2 is 1.43 bits per heavy atom. The van der Waals surface area contributed by atoms with E-state index in [0.29, 0.717) is 65.9 Å². The van der Waals surface area contributed by atoms with E-state index in [2.05, 4.69) is 24.1 Å². The van der Waals surface area contributed by atoms with E-state index < -0.39 is 0 Å². The Balaban J connectivity index is 0.00000645. The van der Waals surface area contributed by atoms with Gasteiger partial charge in [-0.25, -0.2) is 0 Å². The zero-order chi connectivity index (χ0) is 29.8. The molecule has 230 valence electrons. The Morgan fingerprint density at radius 1 is 0.833 bits per heavy atom. The number of hydrogen-bond acceptors (Lipinski definition) is 7. The summed E-state index contributed by atoms with van der Waals surface area (Å²) in [7, 11) is 1.72. The first-order chi connectivity index (χ1) is 20.6. The number of methoxy groups -OCH3 is 1. The molecule has 42 heavy (non-hydrogen) atoms. The Hall–Kier alpha value is -3.26. The Bertz CT molecular complexity index is 1160. The Morgan fingerprint density at radius 3 is 2.12 bits per heavy atom. The molecule has 0 spiro atoms. The van der Waals surface area contributed by atoms with Gasteiger partial charge in [0.2, 0.25) is 11.8 Å². The highest BCUT2D eigenvalue weighted by molar-refractivity contribution is 5.96. The SMILES string of the molecule is CCC(CCOCCOCCOCCOCCNC(=O)CCC(=O)N1Cc2ccccc2C#Cc2ccccc21)OC.[HH]. The summed E-state index contributed by atoms with van der Waals surface area (Å²) in [4.78, 5) is 27.3. The number of nitrogens with zero attached hydrogens (tertiary/aromatic N) is 1. The normalized spacial score (nSPS) is 12.8. The molecule has 1 aliphatic heterocycles. The van der Waals surface area contributed by atoms with Crippen molar-refractivity contribution in [3.05, 3.63) is 65.2 Å². The number of hydrogen-bond donors (Lipinski definition) is 1. The van der Waals surface area contributed by atoms with E-state index in [1.807, 2.05) is 48.5 Å². The quantitative estimate of drug-likeness (QED) is 0.187. The van der Waals surface area contributed by atoms with E-state index in [4.69, 9.17) is 23.7 Å². The lowest BCUT2D eigenvalue weighted by Gasteiger charge is -2.26. The molecule has 1 heterocycles. The van der Waals surface area contributed by atoms with Crippen molar-refractivity contribution >= 4 is 17.5 Å². The van der Waals surface area contributed by atoms with Gasteiger partial charge in [0.15, 0.2) is 0 Å². The molecule has 0 fully saturated rings. The maximum atomic E-state index is 13.2. The largest absolute Gasteiger partial charge is 0.381 e. The summed E-state index contributed by atoms with van der Waals surface area (Å²) in [6, 6.07) is 15.4. The topological polar surface area (TPSA) is 95.6 Å². The fraction of sp³-hybridized carbons (Fsp3) is 0.515. The summed E-state index contributed by atoms with van der Waals surface area (Å²) in [6.45, 7) is 6.85. The molecule has 0 bridgehead atoms. The van der Waals surface area contributed by atoms with Gasteiger partial charge in [-0.05, 0) is 36.6 Å². The summed E-state index contributed by atoms with van der Waals surface area (Å²) in [5.41, 5.74) is 3.44. The van der Waals surface area contributed by atoms with Crippen molar-refractivity contribution in [3.8, 4) is 11.8 Å². The minimum atomic E-state index is -0.186. The van der Waals surface area contributed by atoms with Crippen molar-refractivity contribution in [2.45, 2.75) is 45.3 Å². The van der Waals surface area contributed by atoms with Gasteiger partial charge in [-0.15, -0.1) is 0 Å². The standard InChI is InChI=1S/C33H44N2O7.H2/c1-3-30(38-2)16-18-39-20-22-41-24-25-42-23-21-40-19-17-34-32(36)14-15-33(37)35-26-29-10-5-4-8-27(29)12-13-28-9-6-7-11-31(28)35;/h4-11,30H,3,14-26H2,1-2H3,(H,34,36);1H. The molecule has 2 amide bonds. The van der Waals surface area contributed by atoms with E-state index in [0.717, 1.165) is 35.2 Å². The molecule has 1 aliphatic rings. The van der Waals surface area contributed by atoms with Crippen LogP contribution in [0.3, 0.4) is 0 Å². The number of fused-ring (bicyclic) bond motifs is 2. The number of anilines is 1. The van der Waals surface area contributed by atoms with Crippen LogP contribution in [0.4, 0.5) is 5.69 Å². The minimum absolute atomic E-state index is 0. The van der Waals surface area contributed by atoms with Gasteiger partial charge in [0.05, 0.1) is 64.6 Å². The second kappa shape index (κ2) is 19.8. The van der Waals surface area contributed by atoms with Crippen molar-refractivity contribution < 1.29 is 34.7 Å². The van der Waals surface area contributed by atoms with Crippen LogP contribution in [-0.4, -0.2) is 84.4 Å². The van der Waals surface area contributed by atoms with Crippen LogP contribution in [0.25, 0.3) is 0 Å². The molecule has 1 unspecified atom stereocenters. The summed E-state index contributed by atoms with van der Waals surface area (Å²) in [5, 5.41) is 2.81. The molecule has 0 saturated heterocycles. The predicted molar refractivity (Wildman–Crippen MR) is 163 cm³/mol. The Kier molecular flexibility index (Phi) is 15.7. The van der Waals surface area contributed by atoms with E-state index in [9.17, 15) is 9.59 Å². The van der Waals surface area contributed by atoms with Crippen molar-refractivity contribution in [2.75, 3.05) is 71.4 Å². The maximum absolute atomic E-state index is 13.2. The third-order valence-electron chi connectivity index (χ3n) is 6.80. The van der Waals surface area contributed by atoms with Crippen LogP contribution in [0.2, 0.25) is 0 Å². The lowest BCUT2D eigenvalue weighted by atomic mass is 10.0. The number of nitrogens with one attached hydrogen (secondary N) is 1. The van der Waals surface area contributed by atoms with Gasteiger partial charge in [0, 0.05) is 45.7 Å². The number of amides is 2. The van der Waals surface area contributed by atoms with Crippen LogP contribution in [0, 0.1) is 11.8 Å². The maximum Gasteiger partial charge on any atom is 0.227 e. The van der Waals surface area contributed by atoms with Crippen molar-refractivity contribution in [3.63, 3.8) is 0 Å². The number of carbonyl (C=O) groups excluding carboxylic acids is 2. The fourth-order valence-electron chi connectivity index (χ4n) is 4.38. The molecule has 2 aromatic carbocycles. The second-order valence-electron chi connectivity index (χ2n) is 9.76. The molecular formula is C33H46N2O7. The van der Waals surface area contributed by atoms with Gasteiger partial charge in [0.1, 0.15) is 0 Å². The molecule has 0 aliphatic carbocycles. The first-order valence-corrected chi connectivity index (χ1v) is 14.7. The van der Waals surface area contributed by atoms with Crippen molar-refractivity contribution in [1.29, 1.82) is 0 Å². The number of ether oxygens (including phenoxy) is 5. The number of benzene rings is 2. The third kappa shape index (κ3) is 11.9. The van der Waals surface area contributed by atoms with E-state index in [1.165, 1.54) is 0 Å². The smallest absolute Gasteiger partial charge is 0.227 e. The van der Waals surface area contributed by atoms with Crippen LogP contribution in [0.5, 0.6) is 0 Å². The minimum Gasteiger partial charge on any atom is -0.381 e. The lowest BCUT2D eigenvalue weighted by molar-refractivity contribution is -0.125. The second-order valence-corrected chi connectivity index (χ2v) is 9.76. The lowest BCUT2D eigenvalue weighted by Crippen LogP contribution is -2.34. The van der Waals surface area contributed by atoms with Crippen molar-refractivity contribution in [1.82, 2.24) is 5.32 Å².